The predicted molar refractivity (Wildman–Crippen MR) is 155 cm³/mol. The number of rotatable bonds is 3. The normalized spacial score (nSPS) is 16.6. The summed E-state index contributed by atoms with van der Waals surface area (Å²) in [6, 6.07) is 29.0. The maximum absolute atomic E-state index is 13.2. The monoisotopic (exact) mass is 497 g/mol. The van der Waals surface area contributed by atoms with E-state index in [-0.39, 0.29) is 22.6 Å². The van der Waals surface area contributed by atoms with Crippen LogP contribution in [0, 0.1) is 6.92 Å². The van der Waals surface area contributed by atoms with Crippen LogP contribution in [0.4, 0.5) is 17.1 Å². The van der Waals surface area contributed by atoms with Crippen molar-refractivity contribution >= 4 is 34.7 Å². The Morgan fingerprint density at radius 1 is 0.737 bits per heavy atom. The van der Waals surface area contributed by atoms with Gasteiger partial charge in [0.25, 0.3) is 0 Å². The van der Waals surface area contributed by atoms with Gasteiger partial charge >= 0.3 is 0 Å². The molecule has 0 spiro atoms. The van der Waals surface area contributed by atoms with Crippen LogP contribution in [0.25, 0.3) is 6.08 Å². The van der Waals surface area contributed by atoms with E-state index in [0.717, 1.165) is 28.1 Å². The van der Waals surface area contributed by atoms with Gasteiger partial charge in [0, 0.05) is 22.2 Å². The number of Topliss-reactive ketones (excluding diaryl/α,β-unsaturated/α-hetero) is 2. The van der Waals surface area contributed by atoms with Gasteiger partial charge in [-0.25, -0.2) is 0 Å². The van der Waals surface area contributed by atoms with Crippen LogP contribution in [0.15, 0.2) is 90.5 Å². The van der Waals surface area contributed by atoms with E-state index in [0.29, 0.717) is 17.0 Å². The number of carbonyl (C=O) groups excluding carboxylic acids is 2. The summed E-state index contributed by atoms with van der Waals surface area (Å²) in [6.07, 6.45) is 1.77. The molecule has 1 aliphatic heterocycles. The molecule has 0 bridgehead atoms. The van der Waals surface area contributed by atoms with Crippen LogP contribution in [-0.2, 0) is 5.41 Å². The van der Waals surface area contributed by atoms with Crippen molar-refractivity contribution in [2.75, 3.05) is 4.90 Å². The first-order valence-corrected chi connectivity index (χ1v) is 13.2. The number of carbonyl (C=O) groups is 2. The van der Waals surface area contributed by atoms with Gasteiger partial charge in [0.05, 0.1) is 16.9 Å². The van der Waals surface area contributed by atoms with Gasteiger partial charge in [-0.05, 0) is 77.6 Å². The Kier molecular flexibility index (Phi) is 5.50. The van der Waals surface area contributed by atoms with Gasteiger partial charge in [0.1, 0.15) is 0 Å². The molecule has 3 nitrogen and oxygen atoms in total. The van der Waals surface area contributed by atoms with Crippen molar-refractivity contribution in [2.45, 2.75) is 46.0 Å². The minimum absolute atomic E-state index is 0.191. The Labute approximate surface area is 224 Å². The fourth-order valence-electron chi connectivity index (χ4n) is 5.81. The average molecular weight is 498 g/mol. The molecule has 6 rings (SSSR count). The van der Waals surface area contributed by atoms with Crippen molar-refractivity contribution in [3.8, 4) is 0 Å². The number of allylic oxidation sites excluding steroid dienone is 1. The number of nitrogens with zero attached hydrogens (tertiary/aromatic N) is 1. The van der Waals surface area contributed by atoms with Crippen molar-refractivity contribution < 1.29 is 9.59 Å². The minimum Gasteiger partial charge on any atom is -0.310 e. The van der Waals surface area contributed by atoms with Crippen LogP contribution in [0.5, 0.6) is 0 Å². The van der Waals surface area contributed by atoms with Crippen molar-refractivity contribution in [3.05, 3.63) is 129 Å². The molecular weight excluding hydrogens is 466 g/mol. The molecule has 0 unspecified atom stereocenters. The lowest BCUT2D eigenvalue weighted by Gasteiger charge is -2.42. The zero-order valence-electron chi connectivity index (χ0n) is 22.5. The second kappa shape index (κ2) is 8.66. The van der Waals surface area contributed by atoms with Gasteiger partial charge in [0.2, 0.25) is 0 Å². The summed E-state index contributed by atoms with van der Waals surface area (Å²) in [5.74, 6) is 0.0340. The summed E-state index contributed by atoms with van der Waals surface area (Å²) in [4.78, 5) is 28.6. The number of ketones is 2. The summed E-state index contributed by atoms with van der Waals surface area (Å²) in [6.45, 7) is 10.9. The highest BCUT2D eigenvalue weighted by Gasteiger charge is 2.38. The van der Waals surface area contributed by atoms with Gasteiger partial charge < -0.3 is 4.90 Å². The molecular formula is C35H31NO2. The summed E-state index contributed by atoms with van der Waals surface area (Å²) in [7, 11) is 0. The van der Waals surface area contributed by atoms with Gasteiger partial charge in [0.15, 0.2) is 11.6 Å². The summed E-state index contributed by atoms with van der Waals surface area (Å²) in [5.41, 5.74) is 9.91. The molecule has 4 aromatic carbocycles. The van der Waals surface area contributed by atoms with E-state index < -0.39 is 0 Å². The maximum Gasteiger partial charge on any atom is 0.197 e. The van der Waals surface area contributed by atoms with Gasteiger partial charge in [-0.15, -0.1) is 0 Å². The first kappa shape index (κ1) is 24.1. The zero-order chi connectivity index (χ0) is 26.8. The van der Waals surface area contributed by atoms with E-state index in [1.807, 2.05) is 31.2 Å². The number of para-hydroxylation sites is 1. The topological polar surface area (TPSA) is 37.4 Å². The van der Waals surface area contributed by atoms with Crippen molar-refractivity contribution in [1.29, 1.82) is 0 Å². The first-order chi connectivity index (χ1) is 18.2. The molecule has 0 atom stereocenters. The van der Waals surface area contributed by atoms with Gasteiger partial charge in [-0.3, -0.25) is 9.59 Å². The molecule has 0 saturated heterocycles. The van der Waals surface area contributed by atoms with E-state index >= 15 is 0 Å². The van der Waals surface area contributed by atoms with Crippen molar-refractivity contribution in [3.63, 3.8) is 0 Å². The molecule has 1 heterocycles. The molecule has 3 heteroatoms. The third-order valence-corrected chi connectivity index (χ3v) is 8.02. The Morgan fingerprint density at radius 2 is 1.39 bits per heavy atom. The molecule has 38 heavy (non-hydrogen) atoms. The minimum atomic E-state index is -0.279. The quantitative estimate of drug-likeness (QED) is 0.210. The Morgan fingerprint density at radius 3 is 2.11 bits per heavy atom. The Balaban J connectivity index is 1.52. The van der Waals surface area contributed by atoms with Crippen LogP contribution < -0.4 is 4.90 Å². The zero-order valence-corrected chi connectivity index (χ0v) is 22.5. The highest BCUT2D eigenvalue weighted by Crippen LogP contribution is 2.52. The lowest BCUT2D eigenvalue weighted by molar-refractivity contribution is 0.0990. The van der Waals surface area contributed by atoms with E-state index in [4.69, 9.17) is 0 Å². The van der Waals surface area contributed by atoms with Gasteiger partial charge in [-0.2, -0.15) is 0 Å². The third-order valence-electron chi connectivity index (χ3n) is 8.02. The summed E-state index contributed by atoms with van der Waals surface area (Å²) < 4.78 is 0. The highest BCUT2D eigenvalue weighted by molar-refractivity contribution is 6.41. The molecule has 2 aliphatic rings. The van der Waals surface area contributed by atoms with E-state index in [1.165, 1.54) is 16.8 Å². The average Bonchev–Trinajstić information content (AvgIpc) is 3.13. The number of fused-ring (bicyclic) bond motifs is 3. The predicted octanol–water partition coefficient (Wildman–Crippen LogP) is 8.69. The largest absolute Gasteiger partial charge is 0.310 e. The molecule has 0 radical (unpaired) electrons. The van der Waals surface area contributed by atoms with Crippen LogP contribution >= 0.6 is 0 Å². The molecule has 0 N–H and O–H groups in total. The summed E-state index contributed by atoms with van der Waals surface area (Å²) >= 11 is 0. The molecule has 0 amide bonds. The second-order valence-corrected chi connectivity index (χ2v) is 11.3. The number of hydrogen-bond acceptors (Lipinski definition) is 3. The van der Waals surface area contributed by atoms with E-state index in [9.17, 15) is 9.59 Å². The Bertz CT molecular complexity index is 1660. The third kappa shape index (κ3) is 3.65. The number of aryl methyl sites for hydroxylation is 1. The second-order valence-electron chi connectivity index (χ2n) is 11.3. The molecule has 0 aromatic heterocycles. The van der Waals surface area contributed by atoms with Crippen molar-refractivity contribution in [1.82, 2.24) is 0 Å². The smallest absolute Gasteiger partial charge is 0.197 e. The van der Waals surface area contributed by atoms with Crippen molar-refractivity contribution in [2.24, 2.45) is 0 Å². The summed E-state index contributed by atoms with van der Waals surface area (Å²) in [5, 5.41) is 0. The number of hydrogen-bond donors (Lipinski definition) is 0. The molecule has 0 saturated carbocycles. The van der Waals surface area contributed by atoms with E-state index in [2.05, 4.69) is 87.2 Å². The number of benzene rings is 4. The van der Waals surface area contributed by atoms with Crippen LogP contribution in [0.2, 0.25) is 0 Å². The van der Waals surface area contributed by atoms with E-state index in [1.54, 1.807) is 12.1 Å². The molecule has 0 fully saturated rings. The molecule has 4 aromatic rings. The number of anilines is 3. The first-order valence-electron chi connectivity index (χ1n) is 13.2. The lowest BCUT2D eigenvalue weighted by atomic mass is 9.72. The lowest BCUT2D eigenvalue weighted by Crippen LogP contribution is -2.31. The highest BCUT2D eigenvalue weighted by atomic mass is 16.2. The van der Waals surface area contributed by atoms with Crippen LogP contribution in [0.3, 0.4) is 0 Å². The molecule has 1 aliphatic carbocycles. The van der Waals surface area contributed by atoms with Crippen LogP contribution in [-0.4, -0.2) is 11.6 Å². The van der Waals surface area contributed by atoms with Crippen LogP contribution in [0.1, 0.15) is 82.1 Å². The van der Waals surface area contributed by atoms with Gasteiger partial charge in [-0.1, -0.05) is 81.8 Å². The molecule has 188 valence electrons. The maximum atomic E-state index is 13.2. The Hall–Kier alpha value is -4.24. The fourth-order valence-corrected chi connectivity index (χ4v) is 5.81. The fraction of sp³-hybridized carbons (Fsp3) is 0.200. The standard InChI is InChI=1S/C35H31NO2/c1-21(2)24-13-16-32-30(20-24)35(4,5)29-19-23(12-15-31(29)36(32)25-9-7-6-8-10-25)18-28-33(37)26-14-11-22(3)17-27(26)34(28)38/h6-21H,1-5H3/b28-18-. The SMILES string of the molecule is Cc1ccc2c(c1)C(=O)/C(=C\c1ccc3c(c1)C(C)(C)c1cc(C(C)C)ccc1N3c1ccccc1)C2=O.